The second-order valence-corrected chi connectivity index (χ2v) is 5.41. The Hall–Kier alpha value is -0.610. The van der Waals surface area contributed by atoms with Crippen LogP contribution in [0.2, 0.25) is 0 Å². The van der Waals surface area contributed by atoms with Gasteiger partial charge in [0.1, 0.15) is 0 Å². The molecule has 92 valence electrons. The molecule has 0 aliphatic heterocycles. The molecule has 2 atom stereocenters. The third-order valence-corrected chi connectivity index (χ3v) is 4.14. The first-order valence-corrected chi connectivity index (χ1v) is 5.44. The normalized spacial score (nSPS) is 32.4. The summed E-state index contributed by atoms with van der Waals surface area (Å²) in [5.74, 6) is 1.73. The summed E-state index contributed by atoms with van der Waals surface area (Å²) in [6.07, 6.45) is 2.04. The van der Waals surface area contributed by atoms with Gasteiger partial charge >= 0.3 is 0 Å². The third kappa shape index (κ3) is 1.84. The molecule has 2 N–H and O–H groups in total. The summed E-state index contributed by atoms with van der Waals surface area (Å²) in [6.45, 7) is 8.32. The highest BCUT2D eigenvalue weighted by Crippen LogP contribution is 2.53. The first-order valence-electron chi connectivity index (χ1n) is 5.44. The van der Waals surface area contributed by atoms with Crippen LogP contribution in [0, 0.1) is 12.3 Å². The fraction of sp³-hybridized carbons (Fsp3) is 0.818. The molecule has 0 unspecified atom stereocenters. The van der Waals surface area contributed by atoms with Gasteiger partial charge in [-0.05, 0) is 32.1 Å². The molecule has 5 heteroatoms. The van der Waals surface area contributed by atoms with Gasteiger partial charge in [-0.25, -0.2) is 0 Å². The van der Waals surface area contributed by atoms with Crippen molar-refractivity contribution in [2.45, 2.75) is 52.0 Å². The molecule has 4 nitrogen and oxygen atoms in total. The number of nitrogens with two attached hydrogens (primary N) is 1. The summed E-state index contributed by atoms with van der Waals surface area (Å²) in [5.41, 5.74) is 6.15. The Balaban J connectivity index is 0.00000128. The molecule has 0 amide bonds. The van der Waals surface area contributed by atoms with Crippen molar-refractivity contribution in [2.75, 3.05) is 0 Å². The number of aryl methyl sites for hydroxylation is 1. The maximum absolute atomic E-state index is 6.30. The number of aromatic nitrogens is 2. The molecule has 16 heavy (non-hydrogen) atoms. The van der Waals surface area contributed by atoms with Crippen LogP contribution in [0.5, 0.6) is 0 Å². The molecule has 1 aromatic rings. The van der Waals surface area contributed by atoms with Gasteiger partial charge < -0.3 is 10.3 Å². The van der Waals surface area contributed by atoms with Crippen LogP contribution in [0.25, 0.3) is 0 Å². The van der Waals surface area contributed by atoms with E-state index in [0.717, 1.165) is 18.7 Å². The predicted molar refractivity (Wildman–Crippen MR) is 64.6 cm³/mol. The minimum Gasteiger partial charge on any atom is -0.339 e. The van der Waals surface area contributed by atoms with Gasteiger partial charge in [0.2, 0.25) is 5.89 Å². The van der Waals surface area contributed by atoms with E-state index in [1.165, 1.54) is 0 Å². The zero-order valence-electron chi connectivity index (χ0n) is 10.3. The summed E-state index contributed by atoms with van der Waals surface area (Å²) in [5, 5.41) is 3.85. The van der Waals surface area contributed by atoms with Crippen LogP contribution >= 0.6 is 12.4 Å². The van der Waals surface area contributed by atoms with E-state index in [1.54, 1.807) is 0 Å². The quantitative estimate of drug-likeness (QED) is 0.825. The Labute approximate surface area is 102 Å². The lowest BCUT2D eigenvalue weighted by Gasteiger charge is -2.37. The monoisotopic (exact) mass is 245 g/mol. The molecule has 0 saturated heterocycles. The highest BCUT2D eigenvalue weighted by atomic mass is 35.5. The molecule has 2 rings (SSSR count). The highest BCUT2D eigenvalue weighted by Gasteiger charge is 2.51. The second kappa shape index (κ2) is 4.00. The van der Waals surface area contributed by atoms with Gasteiger partial charge in [0.25, 0.3) is 0 Å². The van der Waals surface area contributed by atoms with E-state index in [1.807, 2.05) is 6.92 Å². The van der Waals surface area contributed by atoms with E-state index in [-0.39, 0.29) is 29.3 Å². The predicted octanol–water partition coefficient (Wildman–Crippen LogP) is 2.42. The Bertz CT molecular complexity index is 373. The number of rotatable bonds is 1. The average Bonchev–Trinajstić information content (AvgIpc) is 2.58. The maximum Gasteiger partial charge on any atom is 0.230 e. The molecule has 1 fully saturated rings. The van der Waals surface area contributed by atoms with Crippen molar-refractivity contribution in [3.05, 3.63) is 11.7 Å². The molecule has 1 saturated carbocycles. The van der Waals surface area contributed by atoms with Crippen molar-refractivity contribution >= 4 is 12.4 Å². The van der Waals surface area contributed by atoms with Crippen LogP contribution in [0.3, 0.4) is 0 Å². The van der Waals surface area contributed by atoms with Gasteiger partial charge in [-0.1, -0.05) is 19.0 Å². The Kier molecular flexibility index (Phi) is 3.37. The van der Waals surface area contributed by atoms with Gasteiger partial charge in [0.05, 0.1) is 0 Å². The van der Waals surface area contributed by atoms with E-state index in [2.05, 4.69) is 30.9 Å². The van der Waals surface area contributed by atoms with Crippen LogP contribution < -0.4 is 5.73 Å². The first kappa shape index (κ1) is 13.5. The standard InChI is InChI=1S/C11H19N3O.ClH/c1-7-13-9(15-14-7)8-5-6-11(4,12)10(8,2)3;/h8H,5-6,12H2,1-4H3;1H/t8-,11-;/m1./s1. The van der Waals surface area contributed by atoms with Crippen LogP contribution in [-0.2, 0) is 0 Å². The molecule has 1 aromatic heterocycles. The number of hydrogen-bond donors (Lipinski definition) is 1. The van der Waals surface area contributed by atoms with Gasteiger partial charge in [0, 0.05) is 11.5 Å². The van der Waals surface area contributed by atoms with E-state index in [4.69, 9.17) is 10.3 Å². The lowest BCUT2D eigenvalue weighted by molar-refractivity contribution is 0.181. The number of nitrogens with zero attached hydrogens (tertiary/aromatic N) is 2. The van der Waals surface area contributed by atoms with E-state index < -0.39 is 0 Å². The largest absolute Gasteiger partial charge is 0.339 e. The lowest BCUT2D eigenvalue weighted by Crippen LogP contribution is -2.47. The van der Waals surface area contributed by atoms with E-state index >= 15 is 0 Å². The van der Waals surface area contributed by atoms with Gasteiger partial charge in [-0.2, -0.15) is 4.98 Å². The summed E-state index contributed by atoms with van der Waals surface area (Å²) in [6, 6.07) is 0. The zero-order chi connectivity index (χ0) is 11.3. The SMILES string of the molecule is Cc1noc([C@H]2CC[C@@](C)(N)C2(C)C)n1.Cl. The van der Waals surface area contributed by atoms with Gasteiger partial charge in [0.15, 0.2) is 5.82 Å². The van der Waals surface area contributed by atoms with Crippen molar-refractivity contribution in [3.63, 3.8) is 0 Å². The minimum atomic E-state index is -0.153. The first-order chi connectivity index (χ1) is 6.84. The van der Waals surface area contributed by atoms with Crippen LogP contribution in [-0.4, -0.2) is 15.7 Å². The van der Waals surface area contributed by atoms with Crippen molar-refractivity contribution < 1.29 is 4.52 Å². The maximum atomic E-state index is 6.30. The minimum absolute atomic E-state index is 0. The fourth-order valence-electron chi connectivity index (χ4n) is 2.41. The zero-order valence-corrected chi connectivity index (χ0v) is 11.1. The third-order valence-electron chi connectivity index (χ3n) is 4.14. The summed E-state index contributed by atoms with van der Waals surface area (Å²) in [4.78, 5) is 4.32. The molecule has 1 aliphatic rings. The molecule has 0 aromatic carbocycles. The summed E-state index contributed by atoms with van der Waals surface area (Å²) in [7, 11) is 0. The highest BCUT2D eigenvalue weighted by molar-refractivity contribution is 5.85. The molecule has 0 radical (unpaired) electrons. The second-order valence-electron chi connectivity index (χ2n) is 5.41. The van der Waals surface area contributed by atoms with E-state index in [9.17, 15) is 0 Å². The smallest absolute Gasteiger partial charge is 0.230 e. The van der Waals surface area contributed by atoms with Crippen molar-refractivity contribution in [1.29, 1.82) is 0 Å². The summed E-state index contributed by atoms with van der Waals surface area (Å²) < 4.78 is 5.26. The Morgan fingerprint density at radius 2 is 2.00 bits per heavy atom. The van der Waals surface area contributed by atoms with Crippen LogP contribution in [0.4, 0.5) is 0 Å². The molecular weight excluding hydrogens is 226 g/mol. The molecule has 1 heterocycles. The van der Waals surface area contributed by atoms with Crippen molar-refractivity contribution in [1.82, 2.24) is 10.1 Å². The van der Waals surface area contributed by atoms with Crippen LogP contribution in [0.1, 0.15) is 51.2 Å². The Morgan fingerprint density at radius 1 is 1.38 bits per heavy atom. The molecule has 0 spiro atoms. The Morgan fingerprint density at radius 3 is 2.38 bits per heavy atom. The average molecular weight is 246 g/mol. The van der Waals surface area contributed by atoms with Gasteiger partial charge in [-0.15, -0.1) is 12.4 Å². The number of halogens is 1. The van der Waals surface area contributed by atoms with Gasteiger partial charge in [-0.3, -0.25) is 0 Å². The molecule has 1 aliphatic carbocycles. The fourth-order valence-corrected chi connectivity index (χ4v) is 2.41. The lowest BCUT2D eigenvalue weighted by atomic mass is 9.72. The van der Waals surface area contributed by atoms with E-state index in [0.29, 0.717) is 5.82 Å². The number of hydrogen-bond acceptors (Lipinski definition) is 4. The molecule has 0 bridgehead atoms. The molecular formula is C11H20ClN3O. The van der Waals surface area contributed by atoms with Crippen LogP contribution in [0.15, 0.2) is 4.52 Å². The van der Waals surface area contributed by atoms with Crippen molar-refractivity contribution in [2.24, 2.45) is 11.1 Å². The summed E-state index contributed by atoms with van der Waals surface area (Å²) >= 11 is 0. The topological polar surface area (TPSA) is 64.9 Å². The van der Waals surface area contributed by atoms with Crippen molar-refractivity contribution in [3.8, 4) is 0 Å².